The van der Waals surface area contributed by atoms with E-state index in [2.05, 4.69) is 10.1 Å². The molecule has 7 heteroatoms. The van der Waals surface area contributed by atoms with E-state index in [0.717, 1.165) is 17.7 Å². The molecule has 1 fully saturated rings. The number of anilines is 1. The standard InChI is InChI=1S/C19H16ClFN4O/c20-16-2-1-13(11-17(16)21)14-5-9-24(19(26)12-14)18-6-10-25(23-18)15-3-7-22-8-4-15/h1-4,6-8,10-11,14H,5,9,12H2. The van der Waals surface area contributed by atoms with Crippen molar-refractivity contribution >= 4 is 23.3 Å². The van der Waals surface area contributed by atoms with Gasteiger partial charge in [-0.1, -0.05) is 17.7 Å². The van der Waals surface area contributed by atoms with Crippen LogP contribution in [0, 0.1) is 5.82 Å². The lowest BCUT2D eigenvalue weighted by Gasteiger charge is -2.30. The summed E-state index contributed by atoms with van der Waals surface area (Å²) in [7, 11) is 0. The molecule has 5 nitrogen and oxygen atoms in total. The van der Waals surface area contributed by atoms with Crippen molar-refractivity contribution in [3.05, 3.63) is 71.4 Å². The predicted molar refractivity (Wildman–Crippen MR) is 97.1 cm³/mol. The number of halogens is 2. The van der Waals surface area contributed by atoms with E-state index in [1.165, 1.54) is 6.07 Å². The molecule has 0 N–H and O–H groups in total. The third-order valence-corrected chi connectivity index (χ3v) is 4.92. The van der Waals surface area contributed by atoms with E-state index in [9.17, 15) is 9.18 Å². The Morgan fingerprint density at radius 3 is 2.69 bits per heavy atom. The van der Waals surface area contributed by atoms with Gasteiger partial charge in [-0.2, -0.15) is 0 Å². The average Bonchev–Trinajstić information content (AvgIpc) is 3.14. The van der Waals surface area contributed by atoms with E-state index in [1.807, 2.05) is 24.4 Å². The van der Waals surface area contributed by atoms with Crippen molar-refractivity contribution in [2.75, 3.05) is 11.4 Å². The first-order valence-electron chi connectivity index (χ1n) is 8.33. The Kier molecular flexibility index (Phi) is 4.42. The number of nitrogens with zero attached hydrogens (tertiary/aromatic N) is 4. The molecule has 3 aromatic rings. The van der Waals surface area contributed by atoms with E-state index in [4.69, 9.17) is 11.6 Å². The SMILES string of the molecule is O=C1CC(c2ccc(Cl)c(F)c2)CCN1c1ccn(-c2ccncc2)n1. The lowest BCUT2D eigenvalue weighted by molar-refractivity contribution is -0.120. The summed E-state index contributed by atoms with van der Waals surface area (Å²) in [6, 6.07) is 10.3. The number of piperidine rings is 1. The number of pyridine rings is 1. The third-order valence-electron chi connectivity index (χ3n) is 4.62. The second-order valence-electron chi connectivity index (χ2n) is 6.23. The molecule has 132 valence electrons. The quantitative estimate of drug-likeness (QED) is 0.701. The Morgan fingerprint density at radius 2 is 1.96 bits per heavy atom. The second-order valence-corrected chi connectivity index (χ2v) is 6.64. The monoisotopic (exact) mass is 370 g/mol. The fourth-order valence-electron chi connectivity index (χ4n) is 3.22. The van der Waals surface area contributed by atoms with Gasteiger partial charge in [-0.15, -0.1) is 5.10 Å². The van der Waals surface area contributed by atoms with Gasteiger partial charge in [0.15, 0.2) is 5.82 Å². The lowest BCUT2D eigenvalue weighted by Crippen LogP contribution is -2.38. The maximum absolute atomic E-state index is 13.7. The van der Waals surface area contributed by atoms with Crippen molar-refractivity contribution in [2.45, 2.75) is 18.8 Å². The van der Waals surface area contributed by atoms with Gasteiger partial charge in [0.05, 0.1) is 10.7 Å². The highest BCUT2D eigenvalue weighted by Crippen LogP contribution is 2.32. The van der Waals surface area contributed by atoms with Gasteiger partial charge in [0.25, 0.3) is 0 Å². The Balaban J connectivity index is 1.50. The molecule has 3 heterocycles. The van der Waals surface area contributed by atoms with Crippen molar-refractivity contribution in [1.29, 1.82) is 0 Å². The average molecular weight is 371 g/mol. The third kappa shape index (κ3) is 3.20. The Labute approximate surface area is 155 Å². The minimum absolute atomic E-state index is 0.00667. The van der Waals surface area contributed by atoms with Gasteiger partial charge < -0.3 is 0 Å². The molecule has 1 unspecified atom stereocenters. The zero-order valence-electron chi connectivity index (χ0n) is 13.8. The van der Waals surface area contributed by atoms with Crippen molar-refractivity contribution in [2.24, 2.45) is 0 Å². The molecule has 1 amide bonds. The van der Waals surface area contributed by atoms with E-state index in [1.54, 1.807) is 34.1 Å². The number of carbonyl (C=O) groups is 1. The highest BCUT2D eigenvalue weighted by molar-refractivity contribution is 6.30. The van der Waals surface area contributed by atoms with Crippen LogP contribution >= 0.6 is 11.6 Å². The minimum Gasteiger partial charge on any atom is -0.295 e. The van der Waals surface area contributed by atoms with Crippen LogP contribution in [-0.4, -0.2) is 27.2 Å². The van der Waals surface area contributed by atoms with Crippen molar-refractivity contribution < 1.29 is 9.18 Å². The Hall–Kier alpha value is -2.73. The summed E-state index contributed by atoms with van der Waals surface area (Å²) in [5.41, 5.74) is 1.69. The molecule has 1 atom stereocenters. The van der Waals surface area contributed by atoms with Gasteiger partial charge >= 0.3 is 0 Å². The van der Waals surface area contributed by atoms with E-state index < -0.39 is 5.82 Å². The van der Waals surface area contributed by atoms with Crippen LogP contribution in [-0.2, 0) is 4.79 Å². The molecule has 1 saturated heterocycles. The van der Waals surface area contributed by atoms with Gasteiger partial charge in [0.2, 0.25) is 5.91 Å². The van der Waals surface area contributed by atoms with Gasteiger partial charge in [-0.3, -0.25) is 14.7 Å². The van der Waals surface area contributed by atoms with Crippen LogP contribution in [0.4, 0.5) is 10.2 Å². The molecule has 1 aliphatic rings. The fourth-order valence-corrected chi connectivity index (χ4v) is 3.34. The zero-order valence-corrected chi connectivity index (χ0v) is 14.6. The van der Waals surface area contributed by atoms with E-state index in [0.29, 0.717) is 18.8 Å². The fraction of sp³-hybridized carbons (Fsp3) is 0.211. The summed E-state index contributed by atoms with van der Waals surface area (Å²) < 4.78 is 15.4. The molecule has 0 bridgehead atoms. The number of hydrogen-bond donors (Lipinski definition) is 0. The number of rotatable bonds is 3. The normalized spacial score (nSPS) is 17.5. The number of amides is 1. The van der Waals surface area contributed by atoms with Crippen LogP contribution in [0.1, 0.15) is 24.3 Å². The highest BCUT2D eigenvalue weighted by atomic mass is 35.5. The van der Waals surface area contributed by atoms with Crippen LogP contribution in [0.5, 0.6) is 0 Å². The van der Waals surface area contributed by atoms with Crippen molar-refractivity contribution in [3.63, 3.8) is 0 Å². The Morgan fingerprint density at radius 1 is 1.15 bits per heavy atom. The van der Waals surface area contributed by atoms with Gasteiger partial charge in [-0.05, 0) is 42.2 Å². The van der Waals surface area contributed by atoms with Gasteiger partial charge in [0.1, 0.15) is 5.82 Å². The first kappa shape index (κ1) is 16.7. The molecule has 1 aromatic carbocycles. The van der Waals surface area contributed by atoms with Crippen LogP contribution in [0.2, 0.25) is 5.02 Å². The van der Waals surface area contributed by atoms with Gasteiger partial charge in [-0.25, -0.2) is 9.07 Å². The summed E-state index contributed by atoms with van der Waals surface area (Å²) in [5, 5.41) is 4.59. The summed E-state index contributed by atoms with van der Waals surface area (Å²) in [4.78, 5) is 18.3. The number of hydrogen-bond acceptors (Lipinski definition) is 3. The summed E-state index contributed by atoms with van der Waals surface area (Å²) >= 11 is 5.74. The smallest absolute Gasteiger partial charge is 0.228 e. The van der Waals surface area contributed by atoms with Crippen molar-refractivity contribution in [3.8, 4) is 5.69 Å². The molecule has 1 aliphatic heterocycles. The van der Waals surface area contributed by atoms with Crippen LogP contribution in [0.25, 0.3) is 5.69 Å². The van der Waals surface area contributed by atoms with Crippen LogP contribution < -0.4 is 4.90 Å². The summed E-state index contributed by atoms with van der Waals surface area (Å²) in [6.45, 7) is 0.543. The topological polar surface area (TPSA) is 51.0 Å². The second kappa shape index (κ2) is 6.88. The number of aromatic nitrogens is 3. The molecular formula is C19H16ClFN4O. The maximum Gasteiger partial charge on any atom is 0.228 e. The molecule has 0 radical (unpaired) electrons. The first-order chi connectivity index (χ1) is 12.6. The first-order valence-corrected chi connectivity index (χ1v) is 8.71. The summed E-state index contributed by atoms with van der Waals surface area (Å²) in [6.07, 6.45) is 6.27. The maximum atomic E-state index is 13.7. The number of benzene rings is 1. The molecule has 4 rings (SSSR count). The predicted octanol–water partition coefficient (Wildman–Crippen LogP) is 3.97. The molecule has 2 aromatic heterocycles. The van der Waals surface area contributed by atoms with Crippen LogP contribution in [0.3, 0.4) is 0 Å². The molecule has 0 saturated carbocycles. The van der Waals surface area contributed by atoms with E-state index in [-0.39, 0.29) is 16.8 Å². The molecular weight excluding hydrogens is 355 g/mol. The van der Waals surface area contributed by atoms with Crippen LogP contribution in [0.15, 0.2) is 55.0 Å². The van der Waals surface area contributed by atoms with E-state index >= 15 is 0 Å². The lowest BCUT2D eigenvalue weighted by atomic mass is 9.89. The van der Waals surface area contributed by atoms with Crippen molar-refractivity contribution in [1.82, 2.24) is 14.8 Å². The molecule has 0 aliphatic carbocycles. The largest absolute Gasteiger partial charge is 0.295 e. The highest BCUT2D eigenvalue weighted by Gasteiger charge is 2.29. The Bertz CT molecular complexity index is 944. The van der Waals surface area contributed by atoms with Gasteiger partial charge in [0, 0.05) is 37.6 Å². The zero-order chi connectivity index (χ0) is 18.1. The molecule has 0 spiro atoms. The minimum atomic E-state index is -0.449. The molecule has 26 heavy (non-hydrogen) atoms. The number of carbonyl (C=O) groups excluding carboxylic acids is 1. The summed E-state index contributed by atoms with van der Waals surface area (Å²) in [5.74, 6) is 0.145.